The molecule has 0 spiro atoms. The van der Waals surface area contributed by atoms with Crippen LogP contribution in [0.15, 0.2) is 23.3 Å². The minimum atomic E-state index is -2.04. The van der Waals surface area contributed by atoms with E-state index in [-0.39, 0.29) is 24.5 Å². The van der Waals surface area contributed by atoms with Crippen molar-refractivity contribution in [2.24, 2.45) is 11.3 Å². The van der Waals surface area contributed by atoms with Crippen molar-refractivity contribution in [3.05, 3.63) is 23.3 Å². The van der Waals surface area contributed by atoms with Crippen LogP contribution in [0.2, 0.25) is 0 Å². The van der Waals surface area contributed by atoms with Gasteiger partial charge in [-0.1, -0.05) is 26.0 Å². The van der Waals surface area contributed by atoms with Crippen LogP contribution >= 0.6 is 0 Å². The van der Waals surface area contributed by atoms with Gasteiger partial charge in [-0.05, 0) is 29.4 Å². The maximum atomic E-state index is 11.1. The SMILES string of the molecule is C=C1COC2(O)C(O)C(C)C3=C(CC(C)(CO)C3)C12O. The molecule has 5 heteroatoms. The van der Waals surface area contributed by atoms with Crippen LogP contribution < -0.4 is 0 Å². The van der Waals surface area contributed by atoms with E-state index in [4.69, 9.17) is 4.74 Å². The summed E-state index contributed by atoms with van der Waals surface area (Å²) in [6.07, 6.45) is -0.147. The maximum absolute atomic E-state index is 11.1. The topological polar surface area (TPSA) is 90.2 Å². The smallest absolute Gasteiger partial charge is 0.230 e. The van der Waals surface area contributed by atoms with Gasteiger partial charge in [0.2, 0.25) is 5.79 Å². The third-order valence-electron chi connectivity index (χ3n) is 5.35. The van der Waals surface area contributed by atoms with Gasteiger partial charge in [0.25, 0.3) is 0 Å². The molecule has 1 aliphatic heterocycles. The minimum Gasteiger partial charge on any atom is -0.396 e. The van der Waals surface area contributed by atoms with Crippen LogP contribution in [-0.2, 0) is 4.74 Å². The molecular formula is C15H22O5. The van der Waals surface area contributed by atoms with Crippen LogP contribution in [0.3, 0.4) is 0 Å². The molecule has 0 amide bonds. The standard InChI is InChI=1S/C15H22O5/c1-8-6-20-15(19)12(17)9(2)10-4-13(3,7-16)5-11(10)14(8,15)18/h9,12,16-19H,1,4-7H2,2-3H3. The van der Waals surface area contributed by atoms with Gasteiger partial charge < -0.3 is 25.2 Å². The summed E-state index contributed by atoms with van der Waals surface area (Å²) in [7, 11) is 0. The molecule has 5 nitrogen and oxygen atoms in total. The van der Waals surface area contributed by atoms with Crippen LogP contribution in [0.5, 0.6) is 0 Å². The van der Waals surface area contributed by atoms with Crippen molar-refractivity contribution in [3.63, 3.8) is 0 Å². The van der Waals surface area contributed by atoms with Crippen molar-refractivity contribution >= 4 is 0 Å². The van der Waals surface area contributed by atoms with Crippen molar-refractivity contribution < 1.29 is 25.2 Å². The summed E-state index contributed by atoms with van der Waals surface area (Å²) in [5, 5.41) is 41.7. The zero-order valence-electron chi connectivity index (χ0n) is 11.9. The Labute approximate surface area is 118 Å². The van der Waals surface area contributed by atoms with Crippen molar-refractivity contribution in [1.82, 2.24) is 0 Å². The summed E-state index contributed by atoms with van der Waals surface area (Å²) in [5.74, 6) is -2.36. The van der Waals surface area contributed by atoms with E-state index in [1.54, 1.807) is 0 Å². The molecule has 5 unspecified atom stereocenters. The lowest BCUT2D eigenvalue weighted by molar-refractivity contribution is -0.297. The van der Waals surface area contributed by atoms with Crippen molar-refractivity contribution in [2.45, 2.75) is 44.2 Å². The van der Waals surface area contributed by atoms with E-state index in [0.29, 0.717) is 24.0 Å². The first-order valence-electron chi connectivity index (χ1n) is 6.98. The van der Waals surface area contributed by atoms with Gasteiger partial charge in [0, 0.05) is 12.5 Å². The number of hydrogen-bond donors (Lipinski definition) is 4. The van der Waals surface area contributed by atoms with Crippen LogP contribution in [-0.4, -0.2) is 51.1 Å². The lowest BCUT2D eigenvalue weighted by Gasteiger charge is -2.47. The van der Waals surface area contributed by atoms with Gasteiger partial charge in [-0.2, -0.15) is 0 Å². The highest BCUT2D eigenvalue weighted by atomic mass is 16.7. The lowest BCUT2D eigenvalue weighted by atomic mass is 9.68. The summed E-state index contributed by atoms with van der Waals surface area (Å²) in [4.78, 5) is 0. The first kappa shape index (κ1) is 14.2. The molecule has 1 heterocycles. The van der Waals surface area contributed by atoms with E-state index < -0.39 is 17.5 Å². The van der Waals surface area contributed by atoms with Crippen molar-refractivity contribution in [2.75, 3.05) is 13.2 Å². The van der Waals surface area contributed by atoms with E-state index in [1.807, 2.05) is 13.8 Å². The zero-order chi connectivity index (χ0) is 14.9. The summed E-state index contributed by atoms with van der Waals surface area (Å²) in [5.41, 5.74) is -0.186. The van der Waals surface area contributed by atoms with E-state index in [9.17, 15) is 20.4 Å². The average molecular weight is 282 g/mol. The minimum absolute atomic E-state index is 0.00927. The molecule has 3 aliphatic rings. The first-order chi connectivity index (χ1) is 9.19. The van der Waals surface area contributed by atoms with Crippen LogP contribution in [0, 0.1) is 11.3 Å². The number of hydrogen-bond acceptors (Lipinski definition) is 5. The number of rotatable bonds is 1. The number of aliphatic hydroxyl groups excluding tert-OH is 2. The third-order valence-corrected chi connectivity index (χ3v) is 5.35. The largest absolute Gasteiger partial charge is 0.396 e. The Hall–Kier alpha value is -0.720. The Bertz CT molecular complexity index is 512. The zero-order valence-corrected chi connectivity index (χ0v) is 11.9. The maximum Gasteiger partial charge on any atom is 0.230 e. The molecule has 5 atom stereocenters. The second kappa shape index (κ2) is 3.93. The van der Waals surface area contributed by atoms with Gasteiger partial charge in [-0.3, -0.25) is 0 Å². The fourth-order valence-electron chi connectivity index (χ4n) is 3.99. The molecule has 0 bridgehead atoms. The molecule has 1 fully saturated rings. The van der Waals surface area contributed by atoms with Gasteiger partial charge >= 0.3 is 0 Å². The molecule has 2 aliphatic carbocycles. The summed E-state index contributed by atoms with van der Waals surface area (Å²) < 4.78 is 5.31. The Morgan fingerprint density at radius 1 is 1.35 bits per heavy atom. The van der Waals surface area contributed by atoms with Gasteiger partial charge in [-0.25, -0.2) is 0 Å². The molecule has 0 radical (unpaired) electrons. The molecule has 1 saturated heterocycles. The van der Waals surface area contributed by atoms with Crippen molar-refractivity contribution in [3.8, 4) is 0 Å². The molecule has 0 aromatic carbocycles. The van der Waals surface area contributed by atoms with Gasteiger partial charge in [0.05, 0.1) is 6.61 Å². The fraction of sp³-hybridized carbons (Fsp3) is 0.733. The highest BCUT2D eigenvalue weighted by molar-refractivity contribution is 5.49. The Morgan fingerprint density at radius 3 is 2.60 bits per heavy atom. The second-order valence-corrected chi connectivity index (χ2v) is 6.86. The molecule has 0 saturated carbocycles. The summed E-state index contributed by atoms with van der Waals surface area (Å²) in [6.45, 7) is 7.56. The lowest BCUT2D eigenvalue weighted by Crippen LogP contribution is -2.64. The molecule has 0 aromatic rings. The molecular weight excluding hydrogens is 260 g/mol. The highest BCUT2D eigenvalue weighted by Gasteiger charge is 2.69. The average Bonchev–Trinajstić information content (AvgIpc) is 2.90. The van der Waals surface area contributed by atoms with E-state index in [1.165, 1.54) is 0 Å². The van der Waals surface area contributed by atoms with Gasteiger partial charge in [-0.15, -0.1) is 0 Å². The van der Waals surface area contributed by atoms with Crippen molar-refractivity contribution in [1.29, 1.82) is 0 Å². The Morgan fingerprint density at radius 2 is 2.00 bits per heavy atom. The summed E-state index contributed by atoms with van der Waals surface area (Å²) >= 11 is 0. The fourth-order valence-corrected chi connectivity index (χ4v) is 3.99. The second-order valence-electron chi connectivity index (χ2n) is 6.86. The van der Waals surface area contributed by atoms with Crippen LogP contribution in [0.25, 0.3) is 0 Å². The first-order valence-corrected chi connectivity index (χ1v) is 6.98. The quantitative estimate of drug-likeness (QED) is 0.512. The molecule has 3 rings (SSSR count). The molecule has 112 valence electrons. The number of aliphatic hydroxyl groups is 4. The van der Waals surface area contributed by atoms with E-state index in [0.717, 1.165) is 5.57 Å². The highest BCUT2D eigenvalue weighted by Crippen LogP contribution is 2.59. The van der Waals surface area contributed by atoms with Crippen LogP contribution in [0.1, 0.15) is 26.7 Å². The van der Waals surface area contributed by atoms with Gasteiger partial charge in [0.1, 0.15) is 6.10 Å². The van der Waals surface area contributed by atoms with E-state index >= 15 is 0 Å². The molecule has 0 aromatic heterocycles. The predicted octanol–water partition coefficient (Wildman–Crippen LogP) is 0.0921. The molecule has 20 heavy (non-hydrogen) atoms. The van der Waals surface area contributed by atoms with Gasteiger partial charge in [0.15, 0.2) is 5.60 Å². The number of fused-ring (bicyclic) bond motifs is 2. The normalized spacial score (nSPS) is 51.4. The Kier molecular flexibility index (Phi) is 2.79. The molecule has 4 N–H and O–H groups in total. The summed E-state index contributed by atoms with van der Waals surface area (Å²) in [6, 6.07) is 0. The Balaban J connectivity index is 2.17. The predicted molar refractivity (Wildman–Crippen MR) is 71.6 cm³/mol. The third kappa shape index (κ3) is 1.40. The monoisotopic (exact) mass is 282 g/mol. The van der Waals surface area contributed by atoms with E-state index in [2.05, 4.69) is 6.58 Å². The van der Waals surface area contributed by atoms with Crippen LogP contribution in [0.4, 0.5) is 0 Å². The number of ether oxygens (including phenoxy) is 1.